The third-order valence-electron chi connectivity index (χ3n) is 1.47. The maximum Gasteiger partial charge on any atom is 0.161 e. The minimum absolute atomic E-state index is 0.0436. The Kier molecular flexibility index (Phi) is 2.95. The van der Waals surface area contributed by atoms with E-state index in [9.17, 15) is 4.79 Å². The number of benzene rings is 1. The lowest BCUT2D eigenvalue weighted by Crippen LogP contribution is -1.97. The molecule has 0 aliphatic carbocycles. The first-order valence-corrected chi connectivity index (χ1v) is 4.73. The van der Waals surface area contributed by atoms with Gasteiger partial charge < -0.3 is 5.73 Å². The molecule has 2 nitrogen and oxygen atoms in total. The summed E-state index contributed by atoms with van der Waals surface area (Å²) in [7, 11) is 0. The standard InChI is InChI=1S/C8H7ClINO/c1-4(12)5-2-7(10)8(11)3-6(5)9/h2-3H,11H2,1H3. The van der Waals surface area contributed by atoms with E-state index in [1.165, 1.54) is 6.92 Å². The molecule has 0 unspecified atom stereocenters. The predicted molar refractivity (Wildman–Crippen MR) is 58.6 cm³/mol. The zero-order valence-electron chi connectivity index (χ0n) is 6.40. The summed E-state index contributed by atoms with van der Waals surface area (Å²) in [4.78, 5) is 11.0. The summed E-state index contributed by atoms with van der Waals surface area (Å²) in [6.45, 7) is 1.48. The van der Waals surface area contributed by atoms with Crippen LogP contribution in [0, 0.1) is 3.57 Å². The molecule has 64 valence electrons. The average molecular weight is 296 g/mol. The first kappa shape index (κ1) is 9.80. The van der Waals surface area contributed by atoms with Crippen LogP contribution in [0.3, 0.4) is 0 Å². The molecule has 0 atom stereocenters. The monoisotopic (exact) mass is 295 g/mol. The summed E-state index contributed by atoms with van der Waals surface area (Å²) < 4.78 is 0.849. The predicted octanol–water partition coefficient (Wildman–Crippen LogP) is 2.73. The fraction of sp³-hybridized carbons (Fsp3) is 0.125. The second kappa shape index (κ2) is 3.62. The van der Waals surface area contributed by atoms with E-state index in [2.05, 4.69) is 22.6 Å². The number of carbonyl (C=O) groups is 1. The Labute approximate surface area is 89.2 Å². The lowest BCUT2D eigenvalue weighted by atomic mass is 10.1. The Morgan fingerprint density at radius 1 is 1.58 bits per heavy atom. The second-order valence-corrected chi connectivity index (χ2v) is 3.98. The molecule has 0 fully saturated rings. The Hall–Kier alpha value is -0.290. The highest BCUT2D eigenvalue weighted by molar-refractivity contribution is 14.1. The van der Waals surface area contributed by atoms with Gasteiger partial charge in [-0.25, -0.2) is 0 Å². The van der Waals surface area contributed by atoms with Gasteiger partial charge in [0, 0.05) is 14.8 Å². The molecule has 0 amide bonds. The molecule has 12 heavy (non-hydrogen) atoms. The number of nitrogens with two attached hydrogens (primary N) is 1. The van der Waals surface area contributed by atoms with Crippen molar-refractivity contribution in [1.29, 1.82) is 0 Å². The van der Waals surface area contributed by atoms with Gasteiger partial charge in [0.25, 0.3) is 0 Å². The zero-order valence-corrected chi connectivity index (χ0v) is 9.31. The molecule has 0 saturated carbocycles. The van der Waals surface area contributed by atoms with Gasteiger partial charge in [-0.05, 0) is 41.6 Å². The largest absolute Gasteiger partial charge is 0.398 e. The molecule has 2 N–H and O–H groups in total. The molecule has 0 heterocycles. The summed E-state index contributed by atoms with van der Waals surface area (Å²) in [6, 6.07) is 3.29. The first-order valence-electron chi connectivity index (χ1n) is 3.28. The minimum Gasteiger partial charge on any atom is -0.398 e. The maximum atomic E-state index is 11.0. The quantitative estimate of drug-likeness (QED) is 0.492. The van der Waals surface area contributed by atoms with Gasteiger partial charge in [-0.1, -0.05) is 11.6 Å². The molecule has 4 heteroatoms. The molecule has 0 aliphatic heterocycles. The van der Waals surface area contributed by atoms with Crippen LogP contribution < -0.4 is 5.73 Å². The number of Topliss-reactive ketones (excluding diaryl/α,β-unsaturated/α-hetero) is 1. The van der Waals surface area contributed by atoms with Crippen molar-refractivity contribution in [1.82, 2.24) is 0 Å². The van der Waals surface area contributed by atoms with Crippen molar-refractivity contribution in [2.24, 2.45) is 0 Å². The van der Waals surface area contributed by atoms with E-state index in [1.807, 2.05) is 0 Å². The van der Waals surface area contributed by atoms with Crippen molar-refractivity contribution in [3.8, 4) is 0 Å². The molecule has 1 aromatic carbocycles. The topological polar surface area (TPSA) is 43.1 Å². The van der Waals surface area contributed by atoms with Crippen LogP contribution in [0.2, 0.25) is 5.02 Å². The Bertz CT molecular complexity index is 338. The number of hydrogen-bond donors (Lipinski definition) is 1. The third kappa shape index (κ3) is 1.90. The van der Waals surface area contributed by atoms with Crippen LogP contribution in [0.1, 0.15) is 17.3 Å². The molecular weight excluding hydrogens is 288 g/mol. The number of ketones is 1. The SMILES string of the molecule is CC(=O)c1cc(I)c(N)cc1Cl. The third-order valence-corrected chi connectivity index (χ3v) is 2.71. The smallest absolute Gasteiger partial charge is 0.161 e. The maximum absolute atomic E-state index is 11.0. The van der Waals surface area contributed by atoms with Crippen molar-refractivity contribution < 1.29 is 4.79 Å². The molecule has 0 spiro atoms. The second-order valence-electron chi connectivity index (χ2n) is 2.41. The van der Waals surface area contributed by atoms with Gasteiger partial charge >= 0.3 is 0 Å². The summed E-state index contributed by atoms with van der Waals surface area (Å²) >= 11 is 7.86. The number of rotatable bonds is 1. The summed E-state index contributed by atoms with van der Waals surface area (Å²) in [5, 5.41) is 0.417. The van der Waals surface area contributed by atoms with Crippen LogP contribution in [0.5, 0.6) is 0 Å². The van der Waals surface area contributed by atoms with E-state index in [0.29, 0.717) is 16.3 Å². The van der Waals surface area contributed by atoms with Crippen molar-refractivity contribution in [3.05, 3.63) is 26.3 Å². The van der Waals surface area contributed by atoms with Gasteiger partial charge in [-0.15, -0.1) is 0 Å². The number of hydrogen-bond acceptors (Lipinski definition) is 2. The molecular formula is C8H7ClINO. The van der Waals surface area contributed by atoms with Gasteiger partial charge in [0.15, 0.2) is 5.78 Å². The molecule has 0 radical (unpaired) electrons. The highest BCUT2D eigenvalue weighted by Gasteiger charge is 2.07. The number of halogens is 2. The fourth-order valence-electron chi connectivity index (χ4n) is 0.832. The molecule has 0 saturated heterocycles. The Morgan fingerprint density at radius 2 is 2.17 bits per heavy atom. The van der Waals surface area contributed by atoms with Gasteiger partial charge in [-0.2, -0.15) is 0 Å². The number of carbonyl (C=O) groups excluding carboxylic acids is 1. The van der Waals surface area contributed by atoms with Crippen molar-refractivity contribution in [2.45, 2.75) is 6.92 Å². The Balaban J connectivity index is 3.33. The van der Waals surface area contributed by atoms with Crippen LogP contribution in [0.4, 0.5) is 5.69 Å². The van der Waals surface area contributed by atoms with Gasteiger partial charge in [0.2, 0.25) is 0 Å². The number of nitrogen functional groups attached to an aromatic ring is 1. The summed E-state index contributed by atoms with van der Waals surface area (Å²) in [6.07, 6.45) is 0. The van der Waals surface area contributed by atoms with E-state index in [0.717, 1.165) is 3.57 Å². The first-order chi connectivity index (χ1) is 5.52. The molecule has 1 rings (SSSR count). The highest BCUT2D eigenvalue weighted by atomic mass is 127. The molecule has 0 aliphatic rings. The van der Waals surface area contributed by atoms with E-state index < -0.39 is 0 Å². The van der Waals surface area contributed by atoms with Crippen LogP contribution in [-0.2, 0) is 0 Å². The van der Waals surface area contributed by atoms with Crippen LogP contribution in [0.25, 0.3) is 0 Å². The average Bonchev–Trinajstić information content (AvgIpc) is 1.96. The van der Waals surface area contributed by atoms with Gasteiger partial charge in [-0.3, -0.25) is 4.79 Å². The molecule has 0 aromatic heterocycles. The zero-order chi connectivity index (χ0) is 9.30. The minimum atomic E-state index is -0.0436. The summed E-state index contributed by atoms with van der Waals surface area (Å²) in [5.41, 5.74) is 6.71. The lowest BCUT2D eigenvalue weighted by Gasteiger charge is -2.03. The normalized spacial score (nSPS) is 9.92. The van der Waals surface area contributed by atoms with Crippen molar-refractivity contribution in [3.63, 3.8) is 0 Å². The van der Waals surface area contributed by atoms with E-state index in [4.69, 9.17) is 17.3 Å². The van der Waals surface area contributed by atoms with Gasteiger partial charge in [0.1, 0.15) is 0 Å². The van der Waals surface area contributed by atoms with Crippen LogP contribution >= 0.6 is 34.2 Å². The lowest BCUT2D eigenvalue weighted by molar-refractivity contribution is 0.101. The van der Waals surface area contributed by atoms with Crippen LogP contribution in [0.15, 0.2) is 12.1 Å². The van der Waals surface area contributed by atoms with E-state index in [-0.39, 0.29) is 5.78 Å². The van der Waals surface area contributed by atoms with Crippen LogP contribution in [-0.4, -0.2) is 5.78 Å². The molecule has 1 aromatic rings. The summed E-state index contributed by atoms with van der Waals surface area (Å²) in [5.74, 6) is -0.0436. The number of anilines is 1. The van der Waals surface area contributed by atoms with Gasteiger partial charge in [0.05, 0.1) is 5.02 Å². The Morgan fingerprint density at radius 3 is 2.67 bits per heavy atom. The van der Waals surface area contributed by atoms with Crippen molar-refractivity contribution >= 4 is 45.7 Å². The highest BCUT2D eigenvalue weighted by Crippen LogP contribution is 2.24. The van der Waals surface area contributed by atoms with Crippen molar-refractivity contribution in [2.75, 3.05) is 5.73 Å². The fourth-order valence-corrected chi connectivity index (χ4v) is 1.60. The molecule has 0 bridgehead atoms. The van der Waals surface area contributed by atoms with E-state index in [1.54, 1.807) is 12.1 Å². The van der Waals surface area contributed by atoms with E-state index >= 15 is 0 Å².